The molecule has 1 aliphatic heterocycles. The number of aliphatic carboxylic acids is 2. The van der Waals surface area contributed by atoms with Crippen molar-refractivity contribution in [3.8, 4) is 0 Å². The van der Waals surface area contributed by atoms with E-state index in [2.05, 4.69) is 10.6 Å². The van der Waals surface area contributed by atoms with Crippen molar-refractivity contribution in [2.45, 2.75) is 44.3 Å². The van der Waals surface area contributed by atoms with Crippen molar-refractivity contribution in [1.29, 1.82) is 0 Å². The first-order chi connectivity index (χ1) is 13.7. The standard InChI is InChI=1S/C19H23N3O7/c1-11(17(25)22-9-5-8-14(22)19(28)29)20-15(23)10-13(18(26)27)21-16(24)12-6-3-2-4-7-12/h2-4,6-7,11,13-14H,5,8-10H2,1H3,(H,20,23)(H,21,24)(H,26,27)(H,28,29)/t11-,13+,14-/m0/s1. The van der Waals surface area contributed by atoms with Crippen molar-refractivity contribution >= 4 is 29.7 Å². The Bertz CT molecular complexity index is 796. The highest BCUT2D eigenvalue weighted by Gasteiger charge is 2.36. The Morgan fingerprint density at radius 3 is 2.34 bits per heavy atom. The fourth-order valence-corrected chi connectivity index (χ4v) is 3.11. The van der Waals surface area contributed by atoms with Crippen molar-refractivity contribution < 1.29 is 34.2 Å². The largest absolute Gasteiger partial charge is 0.480 e. The molecule has 0 radical (unpaired) electrons. The summed E-state index contributed by atoms with van der Waals surface area (Å²) >= 11 is 0. The summed E-state index contributed by atoms with van der Waals surface area (Å²) in [6.45, 7) is 1.68. The van der Waals surface area contributed by atoms with E-state index in [1.807, 2.05) is 0 Å². The number of nitrogens with one attached hydrogen (secondary N) is 2. The van der Waals surface area contributed by atoms with Crippen molar-refractivity contribution in [1.82, 2.24) is 15.5 Å². The molecule has 1 saturated heterocycles. The van der Waals surface area contributed by atoms with E-state index in [1.165, 1.54) is 24.0 Å². The van der Waals surface area contributed by atoms with Gasteiger partial charge in [-0.15, -0.1) is 0 Å². The molecule has 156 valence electrons. The third kappa shape index (κ3) is 5.77. The zero-order chi connectivity index (χ0) is 21.6. The smallest absolute Gasteiger partial charge is 0.326 e. The molecule has 4 N–H and O–H groups in total. The van der Waals surface area contributed by atoms with Gasteiger partial charge in [-0.25, -0.2) is 9.59 Å². The fourth-order valence-electron chi connectivity index (χ4n) is 3.11. The topological polar surface area (TPSA) is 153 Å². The minimum Gasteiger partial charge on any atom is -0.480 e. The molecule has 1 aromatic carbocycles. The monoisotopic (exact) mass is 405 g/mol. The molecule has 1 fully saturated rings. The minimum atomic E-state index is -1.48. The molecule has 0 spiro atoms. The molecule has 3 atom stereocenters. The predicted molar refractivity (Wildman–Crippen MR) is 99.9 cm³/mol. The van der Waals surface area contributed by atoms with Crippen LogP contribution in [-0.2, 0) is 19.2 Å². The van der Waals surface area contributed by atoms with E-state index in [4.69, 9.17) is 5.11 Å². The van der Waals surface area contributed by atoms with E-state index in [9.17, 15) is 29.1 Å². The summed E-state index contributed by atoms with van der Waals surface area (Å²) in [5, 5.41) is 23.1. The lowest BCUT2D eigenvalue weighted by Crippen LogP contribution is -2.51. The van der Waals surface area contributed by atoms with E-state index in [1.54, 1.807) is 18.2 Å². The van der Waals surface area contributed by atoms with Gasteiger partial charge in [0.1, 0.15) is 18.1 Å². The van der Waals surface area contributed by atoms with Gasteiger partial charge < -0.3 is 25.7 Å². The molecule has 3 amide bonds. The van der Waals surface area contributed by atoms with Crippen LogP contribution in [0.25, 0.3) is 0 Å². The van der Waals surface area contributed by atoms with Gasteiger partial charge in [-0.2, -0.15) is 0 Å². The molecule has 0 saturated carbocycles. The van der Waals surface area contributed by atoms with Crippen LogP contribution in [0.3, 0.4) is 0 Å². The van der Waals surface area contributed by atoms with Gasteiger partial charge in [-0.1, -0.05) is 18.2 Å². The van der Waals surface area contributed by atoms with Crippen LogP contribution in [0, 0.1) is 0 Å². The van der Waals surface area contributed by atoms with Gasteiger partial charge in [0, 0.05) is 12.1 Å². The quantitative estimate of drug-likeness (QED) is 0.469. The third-order valence-electron chi connectivity index (χ3n) is 4.60. The number of nitrogens with zero attached hydrogens (tertiary/aromatic N) is 1. The predicted octanol–water partition coefficient (Wildman–Crippen LogP) is -0.160. The van der Waals surface area contributed by atoms with Crippen molar-refractivity contribution in [3.05, 3.63) is 35.9 Å². The van der Waals surface area contributed by atoms with E-state index < -0.39 is 54.2 Å². The summed E-state index contributed by atoms with van der Waals surface area (Å²) in [5.41, 5.74) is 0.247. The highest BCUT2D eigenvalue weighted by atomic mass is 16.4. The van der Waals surface area contributed by atoms with Crippen LogP contribution in [0.15, 0.2) is 30.3 Å². The Morgan fingerprint density at radius 1 is 1.10 bits per heavy atom. The second-order valence-electron chi connectivity index (χ2n) is 6.75. The molecular weight excluding hydrogens is 382 g/mol. The van der Waals surface area contributed by atoms with Crippen LogP contribution in [-0.4, -0.2) is 69.4 Å². The molecule has 0 unspecified atom stereocenters. The molecule has 10 nitrogen and oxygen atoms in total. The zero-order valence-electron chi connectivity index (χ0n) is 15.8. The molecule has 1 aliphatic rings. The lowest BCUT2D eigenvalue weighted by atomic mass is 10.1. The van der Waals surface area contributed by atoms with Gasteiger partial charge in [-0.3, -0.25) is 14.4 Å². The first-order valence-electron chi connectivity index (χ1n) is 9.12. The second kappa shape index (κ2) is 9.67. The Labute approximate surface area is 166 Å². The molecule has 1 heterocycles. The highest BCUT2D eigenvalue weighted by Crippen LogP contribution is 2.18. The minimum absolute atomic E-state index is 0.247. The number of benzene rings is 1. The lowest BCUT2D eigenvalue weighted by Gasteiger charge is -2.25. The Balaban J connectivity index is 1.94. The van der Waals surface area contributed by atoms with Gasteiger partial charge in [-0.05, 0) is 31.9 Å². The van der Waals surface area contributed by atoms with E-state index in [-0.39, 0.29) is 12.1 Å². The molecule has 10 heteroatoms. The number of carbonyl (C=O) groups is 5. The van der Waals surface area contributed by atoms with Crippen LogP contribution in [0.5, 0.6) is 0 Å². The number of carboxylic acids is 2. The van der Waals surface area contributed by atoms with Gasteiger partial charge in [0.25, 0.3) is 5.91 Å². The van der Waals surface area contributed by atoms with Crippen molar-refractivity contribution in [2.24, 2.45) is 0 Å². The van der Waals surface area contributed by atoms with Crippen molar-refractivity contribution in [2.75, 3.05) is 6.54 Å². The molecule has 0 bridgehead atoms. The molecular formula is C19H23N3O7. The van der Waals surface area contributed by atoms with Gasteiger partial charge in [0.05, 0.1) is 6.42 Å². The van der Waals surface area contributed by atoms with E-state index in [0.29, 0.717) is 12.8 Å². The maximum Gasteiger partial charge on any atom is 0.326 e. The van der Waals surface area contributed by atoms with E-state index in [0.717, 1.165) is 0 Å². The number of carbonyl (C=O) groups excluding carboxylic acids is 3. The zero-order valence-corrected chi connectivity index (χ0v) is 15.8. The maximum absolute atomic E-state index is 12.4. The number of likely N-dealkylation sites (tertiary alicyclic amines) is 1. The summed E-state index contributed by atoms with van der Waals surface area (Å²) in [6, 6.07) is 4.51. The van der Waals surface area contributed by atoms with Crippen LogP contribution in [0.1, 0.15) is 36.5 Å². The van der Waals surface area contributed by atoms with Gasteiger partial charge >= 0.3 is 11.9 Å². The Hall–Kier alpha value is -3.43. The number of hydrogen-bond acceptors (Lipinski definition) is 5. The SMILES string of the molecule is C[C@H](NC(=O)C[C@@H](NC(=O)c1ccccc1)C(=O)O)C(=O)N1CCC[C@H]1C(=O)O. The summed E-state index contributed by atoms with van der Waals surface area (Å²) in [6.07, 6.45) is 0.318. The third-order valence-corrected chi connectivity index (χ3v) is 4.60. The summed E-state index contributed by atoms with van der Waals surface area (Å²) in [7, 11) is 0. The van der Waals surface area contributed by atoms with E-state index >= 15 is 0 Å². The first kappa shape index (κ1) is 21.9. The normalized spacial score (nSPS) is 17.8. The number of amides is 3. The average Bonchev–Trinajstić information content (AvgIpc) is 3.17. The lowest BCUT2D eigenvalue weighted by molar-refractivity contribution is -0.149. The second-order valence-corrected chi connectivity index (χ2v) is 6.75. The molecule has 0 aliphatic carbocycles. The molecule has 2 rings (SSSR count). The van der Waals surface area contributed by atoms with Crippen LogP contribution < -0.4 is 10.6 Å². The Kier molecular flexibility index (Phi) is 7.29. The number of carboxylic acid groups (broad SMARTS) is 2. The summed E-state index contributed by atoms with van der Waals surface area (Å²) in [4.78, 5) is 60.6. The summed E-state index contributed by atoms with van der Waals surface area (Å²) in [5.74, 6) is -4.45. The average molecular weight is 405 g/mol. The number of hydrogen-bond donors (Lipinski definition) is 4. The van der Waals surface area contributed by atoms with Gasteiger partial charge in [0.15, 0.2) is 0 Å². The van der Waals surface area contributed by atoms with Gasteiger partial charge in [0.2, 0.25) is 11.8 Å². The molecule has 0 aromatic heterocycles. The van der Waals surface area contributed by atoms with Crippen molar-refractivity contribution in [3.63, 3.8) is 0 Å². The Morgan fingerprint density at radius 2 is 1.76 bits per heavy atom. The fraction of sp³-hybridized carbons (Fsp3) is 0.421. The molecule has 29 heavy (non-hydrogen) atoms. The first-order valence-corrected chi connectivity index (χ1v) is 9.12. The maximum atomic E-state index is 12.4. The van der Waals surface area contributed by atoms with Crippen LogP contribution >= 0.6 is 0 Å². The van der Waals surface area contributed by atoms with Crippen LogP contribution in [0.2, 0.25) is 0 Å². The number of rotatable bonds is 8. The van der Waals surface area contributed by atoms with Crippen LogP contribution in [0.4, 0.5) is 0 Å². The summed E-state index contributed by atoms with van der Waals surface area (Å²) < 4.78 is 0. The highest BCUT2D eigenvalue weighted by molar-refractivity contribution is 5.98. The molecule has 1 aromatic rings.